The number of benzene rings is 3. The van der Waals surface area contributed by atoms with E-state index in [9.17, 15) is 9.59 Å². The van der Waals surface area contributed by atoms with Crippen molar-refractivity contribution < 1.29 is 4.79 Å². The van der Waals surface area contributed by atoms with E-state index in [1.165, 1.54) is 16.0 Å². The van der Waals surface area contributed by atoms with Gasteiger partial charge < -0.3 is 0 Å². The Hall–Kier alpha value is -4.10. The lowest BCUT2D eigenvalue weighted by Gasteiger charge is -2.10. The van der Waals surface area contributed by atoms with Crippen LogP contribution in [-0.2, 0) is 0 Å². The first kappa shape index (κ1) is 18.9. The molecule has 0 atom stereocenters. The first-order valence-electron chi connectivity index (χ1n) is 9.60. The Morgan fingerprint density at radius 2 is 1.48 bits per heavy atom. The van der Waals surface area contributed by atoms with Crippen LogP contribution in [0.2, 0.25) is 0 Å². The molecule has 1 N–H and O–H groups in total. The van der Waals surface area contributed by atoms with Crippen LogP contribution in [0.5, 0.6) is 0 Å². The van der Waals surface area contributed by atoms with Crippen LogP contribution in [0.25, 0.3) is 27.7 Å². The third-order valence-corrected chi connectivity index (χ3v) is 5.57. The van der Waals surface area contributed by atoms with Gasteiger partial charge in [-0.3, -0.25) is 14.9 Å². The highest BCUT2D eigenvalue weighted by Crippen LogP contribution is 2.25. The second kappa shape index (κ2) is 7.97. The highest BCUT2D eigenvalue weighted by molar-refractivity contribution is 7.14. The summed E-state index contributed by atoms with van der Waals surface area (Å²) in [6.45, 7) is 0. The highest BCUT2D eigenvalue weighted by Gasteiger charge is 2.18. The van der Waals surface area contributed by atoms with Crippen molar-refractivity contribution in [3.63, 3.8) is 0 Å². The molecule has 0 aliphatic carbocycles. The van der Waals surface area contributed by atoms with E-state index in [2.05, 4.69) is 15.4 Å². The molecule has 5 rings (SSSR count). The molecule has 6 nitrogen and oxygen atoms in total. The molecule has 0 bridgehead atoms. The summed E-state index contributed by atoms with van der Waals surface area (Å²) in [4.78, 5) is 30.6. The number of nitrogens with one attached hydrogen (secondary N) is 1. The zero-order valence-corrected chi connectivity index (χ0v) is 17.0. The van der Waals surface area contributed by atoms with Crippen molar-refractivity contribution in [2.75, 3.05) is 5.32 Å². The number of carbonyl (C=O) groups is 1. The molecule has 1 amide bonds. The molecule has 3 aromatic carbocycles. The van der Waals surface area contributed by atoms with Gasteiger partial charge in [-0.15, -0.1) is 11.3 Å². The van der Waals surface area contributed by atoms with Crippen molar-refractivity contribution in [2.24, 2.45) is 0 Å². The standard InChI is InChI=1S/C24H16N4O2S/c29-22(26-24-25-20(15-31-24)16-9-3-1-4-10-16)21-18-13-7-8-14-19(18)23(30)28(27-21)17-11-5-2-6-12-17/h1-15H,(H,25,26,29). The van der Waals surface area contributed by atoms with E-state index < -0.39 is 5.91 Å². The number of para-hydroxylation sites is 1. The SMILES string of the molecule is O=C(Nc1nc(-c2ccccc2)cs1)c1nn(-c2ccccc2)c(=O)c2ccccc12. The van der Waals surface area contributed by atoms with Gasteiger partial charge in [0.15, 0.2) is 10.8 Å². The predicted octanol–water partition coefficient (Wildman–Crippen LogP) is 4.76. The van der Waals surface area contributed by atoms with Crippen LogP contribution in [-0.4, -0.2) is 20.7 Å². The lowest BCUT2D eigenvalue weighted by atomic mass is 10.1. The summed E-state index contributed by atoms with van der Waals surface area (Å²) in [6.07, 6.45) is 0. The van der Waals surface area contributed by atoms with Crippen LogP contribution in [0.15, 0.2) is 95.1 Å². The molecule has 2 heterocycles. The Labute approximate surface area is 181 Å². The monoisotopic (exact) mass is 424 g/mol. The number of carbonyl (C=O) groups excluding carboxylic acids is 1. The Bertz CT molecular complexity index is 1440. The summed E-state index contributed by atoms with van der Waals surface area (Å²) >= 11 is 1.34. The maximum atomic E-state index is 13.1. The average molecular weight is 424 g/mol. The van der Waals surface area contributed by atoms with Gasteiger partial charge in [-0.25, -0.2) is 4.98 Å². The molecule has 0 spiro atoms. The van der Waals surface area contributed by atoms with Crippen LogP contribution in [0, 0.1) is 0 Å². The van der Waals surface area contributed by atoms with Gasteiger partial charge >= 0.3 is 0 Å². The first-order valence-corrected chi connectivity index (χ1v) is 10.5. The maximum Gasteiger partial charge on any atom is 0.279 e. The molecule has 0 aliphatic heterocycles. The minimum absolute atomic E-state index is 0.163. The van der Waals surface area contributed by atoms with E-state index in [1.54, 1.807) is 36.4 Å². The third kappa shape index (κ3) is 3.62. The number of rotatable bonds is 4. The molecule has 2 aromatic heterocycles. The molecular formula is C24H16N4O2S. The fourth-order valence-electron chi connectivity index (χ4n) is 3.33. The van der Waals surface area contributed by atoms with Gasteiger partial charge in [-0.05, 0) is 18.2 Å². The van der Waals surface area contributed by atoms with Crippen molar-refractivity contribution in [2.45, 2.75) is 0 Å². The summed E-state index contributed by atoms with van der Waals surface area (Å²) in [5, 5.41) is 10.5. The maximum absolute atomic E-state index is 13.1. The number of hydrogen-bond donors (Lipinski definition) is 1. The Morgan fingerprint density at radius 1 is 0.839 bits per heavy atom. The van der Waals surface area contributed by atoms with Crippen LogP contribution in [0.4, 0.5) is 5.13 Å². The van der Waals surface area contributed by atoms with E-state index in [0.29, 0.717) is 21.6 Å². The summed E-state index contributed by atoms with van der Waals surface area (Å²) < 4.78 is 1.26. The fraction of sp³-hybridized carbons (Fsp3) is 0. The van der Waals surface area contributed by atoms with E-state index >= 15 is 0 Å². The fourth-order valence-corrected chi connectivity index (χ4v) is 4.05. The minimum atomic E-state index is -0.421. The number of thiazole rings is 1. The average Bonchev–Trinajstić information content (AvgIpc) is 3.29. The molecule has 31 heavy (non-hydrogen) atoms. The molecule has 0 aliphatic rings. The predicted molar refractivity (Wildman–Crippen MR) is 123 cm³/mol. The number of hydrogen-bond acceptors (Lipinski definition) is 5. The van der Waals surface area contributed by atoms with E-state index in [0.717, 1.165) is 11.3 Å². The minimum Gasteiger partial charge on any atom is -0.296 e. The molecule has 0 unspecified atom stereocenters. The van der Waals surface area contributed by atoms with E-state index in [1.807, 2.05) is 53.9 Å². The summed E-state index contributed by atoms with van der Waals surface area (Å²) in [5.74, 6) is -0.421. The third-order valence-electron chi connectivity index (χ3n) is 4.82. The Balaban J connectivity index is 1.55. The van der Waals surface area contributed by atoms with Crippen molar-refractivity contribution in [3.05, 3.63) is 106 Å². The normalized spacial score (nSPS) is 10.8. The number of anilines is 1. The zero-order chi connectivity index (χ0) is 21.2. The van der Waals surface area contributed by atoms with Gasteiger partial charge in [0.1, 0.15) is 0 Å². The van der Waals surface area contributed by atoms with Crippen molar-refractivity contribution in [1.29, 1.82) is 0 Å². The second-order valence-corrected chi connectivity index (χ2v) is 7.66. The smallest absolute Gasteiger partial charge is 0.279 e. The lowest BCUT2D eigenvalue weighted by molar-refractivity contribution is 0.102. The highest BCUT2D eigenvalue weighted by atomic mass is 32.1. The van der Waals surface area contributed by atoms with E-state index in [4.69, 9.17) is 0 Å². The number of fused-ring (bicyclic) bond motifs is 1. The first-order chi connectivity index (χ1) is 15.2. The van der Waals surface area contributed by atoms with Gasteiger partial charge in [0.05, 0.1) is 16.8 Å². The topological polar surface area (TPSA) is 76.9 Å². The molecule has 0 radical (unpaired) electrons. The molecular weight excluding hydrogens is 408 g/mol. The van der Waals surface area contributed by atoms with E-state index in [-0.39, 0.29) is 11.3 Å². The van der Waals surface area contributed by atoms with Crippen LogP contribution in [0.1, 0.15) is 10.5 Å². The van der Waals surface area contributed by atoms with Crippen LogP contribution in [0.3, 0.4) is 0 Å². The quantitative estimate of drug-likeness (QED) is 0.451. The van der Waals surface area contributed by atoms with Crippen molar-refractivity contribution in [1.82, 2.24) is 14.8 Å². The molecule has 150 valence electrons. The Kier molecular flexibility index (Phi) is 4.86. The lowest BCUT2D eigenvalue weighted by Crippen LogP contribution is -2.26. The van der Waals surface area contributed by atoms with Crippen molar-refractivity contribution >= 4 is 33.1 Å². The number of aromatic nitrogens is 3. The second-order valence-electron chi connectivity index (χ2n) is 6.80. The molecule has 0 saturated carbocycles. The van der Waals surface area contributed by atoms with Crippen LogP contribution >= 0.6 is 11.3 Å². The summed E-state index contributed by atoms with van der Waals surface area (Å²) in [7, 11) is 0. The number of nitrogens with zero attached hydrogens (tertiary/aromatic N) is 3. The van der Waals surface area contributed by atoms with Crippen LogP contribution < -0.4 is 10.9 Å². The van der Waals surface area contributed by atoms with Gasteiger partial charge in [0.25, 0.3) is 11.5 Å². The van der Waals surface area contributed by atoms with Gasteiger partial charge in [-0.2, -0.15) is 9.78 Å². The molecule has 7 heteroatoms. The summed E-state index contributed by atoms with van der Waals surface area (Å²) in [5.41, 5.74) is 2.23. The van der Waals surface area contributed by atoms with Crippen molar-refractivity contribution in [3.8, 4) is 16.9 Å². The summed E-state index contributed by atoms with van der Waals surface area (Å²) in [6, 6.07) is 25.8. The Morgan fingerprint density at radius 3 is 2.23 bits per heavy atom. The zero-order valence-electron chi connectivity index (χ0n) is 16.2. The molecule has 5 aromatic rings. The van der Waals surface area contributed by atoms with Gasteiger partial charge in [0.2, 0.25) is 0 Å². The van der Waals surface area contributed by atoms with Gasteiger partial charge in [0, 0.05) is 16.3 Å². The molecule has 0 saturated heterocycles. The van der Waals surface area contributed by atoms with Gasteiger partial charge in [-0.1, -0.05) is 66.7 Å². The number of amides is 1. The molecule has 0 fully saturated rings. The largest absolute Gasteiger partial charge is 0.296 e.